The molecule has 8 nitrogen and oxygen atoms in total. The van der Waals surface area contributed by atoms with Crippen LogP contribution in [-0.4, -0.2) is 71.0 Å². The third-order valence-electron chi connectivity index (χ3n) is 4.35. The Kier molecular flexibility index (Phi) is 9.84. The van der Waals surface area contributed by atoms with Gasteiger partial charge in [0.2, 0.25) is 11.8 Å². The molecule has 0 aromatic rings. The summed E-state index contributed by atoms with van der Waals surface area (Å²) in [5.74, 6) is -0.957. The zero-order chi connectivity index (χ0) is 18.8. The molecule has 0 radical (unpaired) electrons. The number of unbranched alkanes of at least 4 members (excludes halogenated alkanes) is 1. The van der Waals surface area contributed by atoms with Crippen LogP contribution in [0.2, 0.25) is 0 Å². The Balaban J connectivity index is 2.75. The lowest BCUT2D eigenvalue weighted by Gasteiger charge is -2.28. The summed E-state index contributed by atoms with van der Waals surface area (Å²) < 4.78 is 0. The molecule has 1 heterocycles. The van der Waals surface area contributed by atoms with Crippen molar-refractivity contribution >= 4 is 29.5 Å². The highest BCUT2D eigenvalue weighted by Gasteiger charge is 2.37. The van der Waals surface area contributed by atoms with Crippen molar-refractivity contribution in [2.24, 2.45) is 11.5 Å². The molecular weight excluding hydrogens is 344 g/mol. The summed E-state index contributed by atoms with van der Waals surface area (Å²) in [6, 6.07) is -2.24. The van der Waals surface area contributed by atoms with Crippen molar-refractivity contribution in [3.8, 4) is 0 Å². The first-order chi connectivity index (χ1) is 11.9. The average Bonchev–Trinajstić information content (AvgIpc) is 3.08. The van der Waals surface area contributed by atoms with Crippen molar-refractivity contribution in [1.29, 1.82) is 0 Å². The predicted molar refractivity (Wildman–Crippen MR) is 98.2 cm³/mol. The fraction of sp³-hybridized carbons (Fsp3) is 0.812. The first-order valence-corrected chi connectivity index (χ1v) is 10.1. The molecule has 2 amide bonds. The number of nitrogens with one attached hydrogen (secondary N) is 1. The second-order valence-electron chi connectivity index (χ2n) is 6.26. The van der Waals surface area contributed by atoms with Crippen molar-refractivity contribution in [3.63, 3.8) is 0 Å². The van der Waals surface area contributed by atoms with E-state index in [0.717, 1.165) is 12.2 Å². The molecule has 1 saturated heterocycles. The minimum absolute atomic E-state index is 0.340. The molecule has 0 spiro atoms. The molecule has 25 heavy (non-hydrogen) atoms. The number of carboxylic acid groups (broad SMARTS) is 1. The van der Waals surface area contributed by atoms with E-state index < -0.39 is 24.1 Å². The van der Waals surface area contributed by atoms with Crippen molar-refractivity contribution < 1.29 is 19.5 Å². The van der Waals surface area contributed by atoms with Gasteiger partial charge in [-0.05, 0) is 57.1 Å². The van der Waals surface area contributed by atoms with Crippen LogP contribution in [0.4, 0.5) is 0 Å². The normalized spacial score (nSPS) is 19.5. The predicted octanol–water partition coefficient (Wildman–Crippen LogP) is -0.244. The van der Waals surface area contributed by atoms with Gasteiger partial charge in [-0.3, -0.25) is 9.59 Å². The fourth-order valence-electron chi connectivity index (χ4n) is 2.89. The third-order valence-corrected chi connectivity index (χ3v) is 5.00. The molecule has 0 bridgehead atoms. The van der Waals surface area contributed by atoms with Gasteiger partial charge < -0.3 is 26.8 Å². The maximum absolute atomic E-state index is 12.8. The van der Waals surface area contributed by atoms with Crippen LogP contribution in [0.15, 0.2) is 0 Å². The monoisotopic (exact) mass is 374 g/mol. The Morgan fingerprint density at radius 1 is 1.32 bits per heavy atom. The van der Waals surface area contributed by atoms with Crippen LogP contribution in [0.25, 0.3) is 0 Å². The number of hydrogen-bond acceptors (Lipinski definition) is 6. The summed E-state index contributed by atoms with van der Waals surface area (Å²) in [5, 5.41) is 12.0. The van der Waals surface area contributed by atoms with Crippen molar-refractivity contribution in [1.82, 2.24) is 10.2 Å². The number of carboxylic acids is 1. The summed E-state index contributed by atoms with van der Waals surface area (Å²) in [6.07, 6.45) is 5.40. The van der Waals surface area contributed by atoms with Crippen LogP contribution >= 0.6 is 11.8 Å². The smallest absolute Gasteiger partial charge is 0.326 e. The Hall–Kier alpha value is -1.32. The molecule has 9 heteroatoms. The number of nitrogens with two attached hydrogens (primary N) is 2. The molecule has 1 rings (SSSR count). The third kappa shape index (κ3) is 6.83. The minimum Gasteiger partial charge on any atom is -0.480 e. The van der Waals surface area contributed by atoms with E-state index in [1.54, 1.807) is 11.8 Å². The molecule has 0 aromatic carbocycles. The van der Waals surface area contributed by atoms with E-state index >= 15 is 0 Å². The quantitative estimate of drug-likeness (QED) is 0.366. The highest BCUT2D eigenvalue weighted by molar-refractivity contribution is 7.98. The second-order valence-corrected chi connectivity index (χ2v) is 7.25. The molecule has 0 aromatic heterocycles. The molecule has 1 aliphatic heterocycles. The van der Waals surface area contributed by atoms with Crippen LogP contribution in [0.1, 0.15) is 38.5 Å². The number of hydrogen-bond donors (Lipinski definition) is 4. The first-order valence-electron chi connectivity index (χ1n) is 8.70. The maximum Gasteiger partial charge on any atom is 0.326 e. The molecule has 0 saturated carbocycles. The number of rotatable bonds is 11. The van der Waals surface area contributed by atoms with Gasteiger partial charge in [0.1, 0.15) is 12.1 Å². The number of aliphatic carboxylic acids is 1. The Morgan fingerprint density at radius 2 is 2.04 bits per heavy atom. The standard InChI is InChI=1S/C16H30N4O4S/c1-25-10-7-11(18)14(21)19-12(5-2-3-8-17)15(22)20-9-4-6-13(20)16(23)24/h11-13H,2-10,17-18H2,1H3,(H,19,21)(H,23,24). The minimum atomic E-state index is -1.01. The van der Waals surface area contributed by atoms with Crippen molar-refractivity contribution in [2.45, 2.75) is 56.7 Å². The van der Waals surface area contributed by atoms with Gasteiger partial charge in [0, 0.05) is 6.54 Å². The van der Waals surface area contributed by atoms with Crippen LogP contribution < -0.4 is 16.8 Å². The van der Waals surface area contributed by atoms with Gasteiger partial charge in [-0.2, -0.15) is 11.8 Å². The lowest BCUT2D eigenvalue weighted by atomic mass is 10.1. The van der Waals surface area contributed by atoms with Gasteiger partial charge in [-0.15, -0.1) is 0 Å². The number of nitrogens with zero attached hydrogens (tertiary/aromatic N) is 1. The van der Waals surface area contributed by atoms with E-state index in [0.29, 0.717) is 45.2 Å². The SMILES string of the molecule is CSCCC(N)C(=O)NC(CCCCN)C(=O)N1CCCC1C(=O)O. The van der Waals surface area contributed by atoms with Gasteiger partial charge >= 0.3 is 5.97 Å². The van der Waals surface area contributed by atoms with E-state index in [9.17, 15) is 19.5 Å². The van der Waals surface area contributed by atoms with Crippen LogP contribution in [-0.2, 0) is 14.4 Å². The maximum atomic E-state index is 12.8. The molecule has 1 fully saturated rings. The number of carbonyl (C=O) groups is 3. The van der Waals surface area contributed by atoms with Crippen LogP contribution in [0, 0.1) is 0 Å². The number of amides is 2. The topological polar surface area (TPSA) is 139 Å². The van der Waals surface area contributed by atoms with E-state index in [2.05, 4.69) is 5.32 Å². The zero-order valence-corrected chi connectivity index (χ0v) is 15.6. The average molecular weight is 375 g/mol. The van der Waals surface area contributed by atoms with E-state index in [1.165, 1.54) is 4.90 Å². The second kappa shape index (κ2) is 11.3. The summed E-state index contributed by atoms with van der Waals surface area (Å²) in [4.78, 5) is 37.8. The Labute approximate surface area is 153 Å². The van der Waals surface area contributed by atoms with Crippen molar-refractivity contribution in [3.05, 3.63) is 0 Å². The van der Waals surface area contributed by atoms with E-state index in [1.807, 2.05) is 6.26 Å². The highest BCUT2D eigenvalue weighted by atomic mass is 32.2. The first kappa shape index (κ1) is 21.7. The molecule has 3 unspecified atom stereocenters. The van der Waals surface area contributed by atoms with Crippen LogP contribution in [0.3, 0.4) is 0 Å². The molecular formula is C16H30N4O4S. The fourth-order valence-corrected chi connectivity index (χ4v) is 3.38. The number of carbonyl (C=O) groups excluding carboxylic acids is 2. The summed E-state index contributed by atoms with van der Waals surface area (Å²) >= 11 is 1.60. The lowest BCUT2D eigenvalue weighted by Crippen LogP contribution is -2.54. The number of thioether (sulfide) groups is 1. The zero-order valence-electron chi connectivity index (χ0n) is 14.8. The molecule has 144 valence electrons. The highest BCUT2D eigenvalue weighted by Crippen LogP contribution is 2.20. The van der Waals surface area contributed by atoms with Gasteiger partial charge in [-0.1, -0.05) is 0 Å². The van der Waals surface area contributed by atoms with Crippen molar-refractivity contribution in [2.75, 3.05) is 25.1 Å². The Bertz CT molecular complexity index is 463. The van der Waals surface area contributed by atoms with Crippen LogP contribution in [0.5, 0.6) is 0 Å². The van der Waals surface area contributed by atoms with Gasteiger partial charge in [0.15, 0.2) is 0 Å². The van der Waals surface area contributed by atoms with Gasteiger partial charge in [0.25, 0.3) is 0 Å². The molecule has 6 N–H and O–H groups in total. The van der Waals surface area contributed by atoms with Gasteiger partial charge in [0.05, 0.1) is 6.04 Å². The van der Waals surface area contributed by atoms with Gasteiger partial charge in [-0.25, -0.2) is 4.79 Å². The van der Waals surface area contributed by atoms with E-state index in [4.69, 9.17) is 11.5 Å². The largest absolute Gasteiger partial charge is 0.480 e. The number of likely N-dealkylation sites (tertiary alicyclic amines) is 1. The Morgan fingerprint density at radius 3 is 2.64 bits per heavy atom. The molecule has 1 aliphatic rings. The molecule has 3 atom stereocenters. The summed E-state index contributed by atoms with van der Waals surface area (Å²) in [5.41, 5.74) is 11.4. The summed E-state index contributed by atoms with van der Waals surface area (Å²) in [7, 11) is 0. The molecule has 0 aliphatic carbocycles. The van der Waals surface area contributed by atoms with E-state index in [-0.39, 0.29) is 11.8 Å². The lowest BCUT2D eigenvalue weighted by molar-refractivity contribution is -0.149. The summed E-state index contributed by atoms with van der Waals surface area (Å²) in [6.45, 7) is 0.904.